The minimum absolute atomic E-state index is 0.0285. The Morgan fingerprint density at radius 1 is 1.37 bits per heavy atom. The zero-order valence-corrected chi connectivity index (χ0v) is 12.9. The third-order valence-corrected chi connectivity index (χ3v) is 4.75. The number of carbonyl (C=O) groups is 1. The first-order chi connectivity index (χ1) is 9.07. The second-order valence-electron chi connectivity index (χ2n) is 5.12. The first kappa shape index (κ1) is 14.7. The Morgan fingerprint density at radius 2 is 2.05 bits per heavy atom. The van der Waals surface area contributed by atoms with Gasteiger partial charge in [0.1, 0.15) is 5.82 Å². The van der Waals surface area contributed by atoms with E-state index in [0.717, 1.165) is 25.7 Å². The molecule has 1 aliphatic rings. The Balaban J connectivity index is 2.15. The minimum atomic E-state index is -0.449. The zero-order chi connectivity index (χ0) is 13.9. The largest absolute Gasteiger partial charge is 0.329 e. The van der Waals surface area contributed by atoms with E-state index in [1.165, 1.54) is 18.6 Å². The van der Waals surface area contributed by atoms with Gasteiger partial charge >= 0.3 is 0 Å². The zero-order valence-electron chi connectivity index (χ0n) is 10.7. The number of benzene rings is 1. The molecule has 0 heterocycles. The van der Waals surface area contributed by atoms with Crippen LogP contribution in [0.5, 0.6) is 0 Å². The molecule has 1 fully saturated rings. The van der Waals surface area contributed by atoms with Gasteiger partial charge in [0.25, 0.3) is 0 Å². The Labute approximate surface area is 126 Å². The summed E-state index contributed by atoms with van der Waals surface area (Å²) in [5, 5.41) is 2.91. The summed E-state index contributed by atoms with van der Waals surface area (Å²) in [6.07, 6.45) is 4.94. The molecule has 0 radical (unpaired) electrons. The van der Waals surface area contributed by atoms with Gasteiger partial charge in [-0.2, -0.15) is 0 Å². The number of carbonyl (C=O) groups excluding carboxylic acids is 1. The van der Waals surface area contributed by atoms with E-state index in [1.54, 1.807) is 6.07 Å². The van der Waals surface area contributed by atoms with Crippen LogP contribution in [0.2, 0.25) is 0 Å². The first-order valence-electron chi connectivity index (χ1n) is 6.54. The van der Waals surface area contributed by atoms with Crippen LogP contribution in [0.3, 0.4) is 0 Å². The number of anilines is 1. The monoisotopic (exact) mass is 376 g/mol. The third-order valence-electron chi connectivity index (χ3n) is 3.86. The topological polar surface area (TPSA) is 55.1 Å². The summed E-state index contributed by atoms with van der Waals surface area (Å²) in [6, 6.07) is 4.36. The second kappa shape index (κ2) is 6.17. The van der Waals surface area contributed by atoms with Gasteiger partial charge in [0.2, 0.25) is 5.91 Å². The molecule has 1 aliphatic carbocycles. The lowest BCUT2D eigenvalue weighted by atomic mass is 9.73. The van der Waals surface area contributed by atoms with Crippen LogP contribution in [-0.2, 0) is 4.79 Å². The number of hydrogen-bond acceptors (Lipinski definition) is 2. The van der Waals surface area contributed by atoms with Crippen molar-refractivity contribution in [1.82, 2.24) is 0 Å². The van der Waals surface area contributed by atoms with Crippen molar-refractivity contribution >= 4 is 34.2 Å². The molecule has 1 amide bonds. The van der Waals surface area contributed by atoms with Crippen molar-refractivity contribution in [1.29, 1.82) is 0 Å². The molecule has 0 bridgehead atoms. The molecule has 0 unspecified atom stereocenters. The molecule has 0 aromatic heterocycles. The Hall–Kier alpha value is -0.690. The fourth-order valence-electron chi connectivity index (χ4n) is 2.60. The molecule has 1 aromatic carbocycles. The highest BCUT2D eigenvalue weighted by molar-refractivity contribution is 14.1. The van der Waals surface area contributed by atoms with E-state index in [4.69, 9.17) is 5.73 Å². The SMILES string of the molecule is NCC1(C(=O)Nc2ccc(F)cc2I)CCCCC1. The van der Waals surface area contributed by atoms with Gasteiger partial charge in [0, 0.05) is 10.1 Å². The van der Waals surface area contributed by atoms with E-state index in [1.807, 2.05) is 22.6 Å². The molecule has 3 N–H and O–H groups in total. The minimum Gasteiger partial charge on any atom is -0.329 e. The van der Waals surface area contributed by atoms with Gasteiger partial charge in [-0.15, -0.1) is 0 Å². The molecule has 104 valence electrons. The first-order valence-corrected chi connectivity index (χ1v) is 7.62. The number of rotatable bonds is 3. The summed E-state index contributed by atoms with van der Waals surface area (Å²) in [7, 11) is 0. The molecule has 3 nitrogen and oxygen atoms in total. The highest BCUT2D eigenvalue weighted by Gasteiger charge is 2.38. The molecule has 1 aromatic rings. The highest BCUT2D eigenvalue weighted by Crippen LogP contribution is 2.36. The Kier molecular flexibility index (Phi) is 4.78. The summed E-state index contributed by atoms with van der Waals surface area (Å²) in [4.78, 5) is 12.5. The molecule has 0 aliphatic heterocycles. The summed E-state index contributed by atoms with van der Waals surface area (Å²) < 4.78 is 13.7. The van der Waals surface area contributed by atoms with Gasteiger partial charge in [0.15, 0.2) is 0 Å². The smallest absolute Gasteiger partial charge is 0.231 e. The van der Waals surface area contributed by atoms with Crippen molar-refractivity contribution in [3.8, 4) is 0 Å². The molecule has 19 heavy (non-hydrogen) atoms. The van der Waals surface area contributed by atoms with Crippen LogP contribution in [0, 0.1) is 14.8 Å². The Morgan fingerprint density at radius 3 is 2.63 bits per heavy atom. The van der Waals surface area contributed by atoms with Crippen molar-refractivity contribution in [3.05, 3.63) is 27.6 Å². The fourth-order valence-corrected chi connectivity index (χ4v) is 3.21. The van der Waals surface area contributed by atoms with Crippen molar-refractivity contribution in [3.63, 3.8) is 0 Å². The lowest BCUT2D eigenvalue weighted by Gasteiger charge is -2.34. The van der Waals surface area contributed by atoms with Crippen molar-refractivity contribution in [2.75, 3.05) is 11.9 Å². The van der Waals surface area contributed by atoms with E-state index in [-0.39, 0.29) is 11.7 Å². The van der Waals surface area contributed by atoms with Gasteiger partial charge in [-0.1, -0.05) is 19.3 Å². The van der Waals surface area contributed by atoms with Crippen molar-refractivity contribution in [2.24, 2.45) is 11.1 Å². The molecule has 0 saturated heterocycles. The number of nitrogens with one attached hydrogen (secondary N) is 1. The summed E-state index contributed by atoms with van der Waals surface area (Å²) >= 11 is 2.02. The van der Waals surface area contributed by atoms with Gasteiger partial charge in [-0.05, 0) is 53.6 Å². The number of amides is 1. The second-order valence-corrected chi connectivity index (χ2v) is 6.29. The molecule has 0 atom stereocenters. The van der Waals surface area contributed by atoms with Crippen molar-refractivity contribution in [2.45, 2.75) is 32.1 Å². The van der Waals surface area contributed by atoms with Crippen LogP contribution in [0.4, 0.5) is 10.1 Å². The van der Waals surface area contributed by atoms with Gasteiger partial charge < -0.3 is 11.1 Å². The van der Waals surface area contributed by atoms with E-state index >= 15 is 0 Å². The van der Waals surface area contributed by atoms with Crippen LogP contribution in [0.25, 0.3) is 0 Å². The molecule has 1 saturated carbocycles. The highest BCUT2D eigenvalue weighted by atomic mass is 127. The van der Waals surface area contributed by atoms with Gasteiger partial charge in [-0.3, -0.25) is 4.79 Å². The average molecular weight is 376 g/mol. The maximum Gasteiger partial charge on any atom is 0.231 e. The average Bonchev–Trinajstić information content (AvgIpc) is 2.42. The molecular formula is C14H18FIN2O. The van der Waals surface area contributed by atoms with E-state index in [9.17, 15) is 9.18 Å². The normalized spacial score (nSPS) is 18.1. The number of halogens is 2. The maximum absolute atomic E-state index is 13.0. The van der Waals surface area contributed by atoms with Gasteiger partial charge in [0.05, 0.1) is 11.1 Å². The molecular weight excluding hydrogens is 358 g/mol. The third kappa shape index (κ3) is 3.25. The maximum atomic E-state index is 13.0. The molecule has 0 spiro atoms. The quantitative estimate of drug-likeness (QED) is 0.796. The Bertz CT molecular complexity index is 473. The van der Waals surface area contributed by atoms with Crippen LogP contribution in [-0.4, -0.2) is 12.5 Å². The van der Waals surface area contributed by atoms with Crippen LogP contribution in [0.1, 0.15) is 32.1 Å². The predicted octanol–water partition coefficient (Wildman–Crippen LogP) is 3.28. The summed E-state index contributed by atoms with van der Waals surface area (Å²) in [5.41, 5.74) is 6.04. The fraction of sp³-hybridized carbons (Fsp3) is 0.500. The summed E-state index contributed by atoms with van der Waals surface area (Å²) in [5.74, 6) is -0.326. The predicted molar refractivity (Wildman–Crippen MR) is 82.3 cm³/mol. The standard InChI is InChI=1S/C14H18FIN2O/c15-10-4-5-12(11(16)8-10)18-13(19)14(9-17)6-2-1-3-7-14/h4-5,8H,1-3,6-7,9,17H2,(H,18,19). The molecule has 2 rings (SSSR count). The summed E-state index contributed by atoms with van der Waals surface area (Å²) in [6.45, 7) is 0.372. The number of nitrogens with two attached hydrogens (primary N) is 1. The van der Waals surface area contributed by atoms with E-state index in [2.05, 4.69) is 5.32 Å². The van der Waals surface area contributed by atoms with Crippen LogP contribution < -0.4 is 11.1 Å². The number of hydrogen-bond donors (Lipinski definition) is 2. The van der Waals surface area contributed by atoms with E-state index in [0.29, 0.717) is 15.8 Å². The molecule has 5 heteroatoms. The van der Waals surface area contributed by atoms with Crippen LogP contribution in [0.15, 0.2) is 18.2 Å². The lowest BCUT2D eigenvalue weighted by Crippen LogP contribution is -2.43. The van der Waals surface area contributed by atoms with Crippen molar-refractivity contribution < 1.29 is 9.18 Å². The van der Waals surface area contributed by atoms with E-state index < -0.39 is 5.41 Å². The lowest BCUT2D eigenvalue weighted by molar-refractivity contribution is -0.126. The van der Waals surface area contributed by atoms with Crippen LogP contribution >= 0.6 is 22.6 Å². The van der Waals surface area contributed by atoms with Gasteiger partial charge in [-0.25, -0.2) is 4.39 Å².